The number of alkyl halides is 3. The number of anilines is 1. The van der Waals surface area contributed by atoms with Gasteiger partial charge in [0.05, 0.1) is 12.1 Å². The quantitative estimate of drug-likeness (QED) is 0.815. The Morgan fingerprint density at radius 1 is 1.29 bits per heavy atom. The second kappa shape index (κ2) is 7.15. The Kier molecular flexibility index (Phi) is 5.81. The molecule has 116 valence electrons. The van der Waals surface area contributed by atoms with E-state index in [2.05, 4.69) is 11.9 Å². The van der Waals surface area contributed by atoms with E-state index in [0.717, 1.165) is 17.7 Å². The molecule has 0 saturated heterocycles. The minimum Gasteiger partial charge on any atom is -0.376 e. The van der Waals surface area contributed by atoms with Crippen molar-refractivity contribution in [3.8, 4) is 0 Å². The first kappa shape index (κ1) is 17.1. The monoisotopic (exact) mass is 300 g/mol. The molecule has 0 aliphatic rings. The molecule has 0 spiro atoms. The van der Waals surface area contributed by atoms with Crippen LogP contribution < -0.4 is 5.32 Å². The van der Waals surface area contributed by atoms with Crippen LogP contribution in [0.15, 0.2) is 36.4 Å². The van der Waals surface area contributed by atoms with Crippen molar-refractivity contribution in [2.45, 2.75) is 20.0 Å². The summed E-state index contributed by atoms with van der Waals surface area (Å²) in [6, 6.07) is 4.59. The third-order valence-electron chi connectivity index (χ3n) is 2.85. The van der Waals surface area contributed by atoms with E-state index in [4.69, 9.17) is 0 Å². The predicted octanol–water partition coefficient (Wildman–Crippen LogP) is 3.54. The molecule has 1 aromatic carbocycles. The highest BCUT2D eigenvalue weighted by molar-refractivity contribution is 5.81. The van der Waals surface area contributed by atoms with Crippen LogP contribution in [0.1, 0.15) is 19.4 Å². The fourth-order valence-corrected chi connectivity index (χ4v) is 1.77. The maximum absolute atomic E-state index is 12.4. The van der Waals surface area contributed by atoms with Crippen molar-refractivity contribution in [2.24, 2.45) is 0 Å². The lowest BCUT2D eigenvalue weighted by Crippen LogP contribution is -2.36. The van der Waals surface area contributed by atoms with Crippen LogP contribution in [0.2, 0.25) is 0 Å². The van der Waals surface area contributed by atoms with E-state index >= 15 is 0 Å². The number of likely N-dealkylation sites (N-methyl/N-ethyl adjacent to an activating group) is 1. The number of halogens is 3. The first-order valence-electron chi connectivity index (χ1n) is 6.57. The van der Waals surface area contributed by atoms with Gasteiger partial charge in [0.1, 0.15) is 0 Å². The summed E-state index contributed by atoms with van der Waals surface area (Å²) in [4.78, 5) is 13.6. The fourth-order valence-electron chi connectivity index (χ4n) is 1.77. The van der Waals surface area contributed by atoms with Gasteiger partial charge >= 0.3 is 6.18 Å². The molecule has 0 heterocycles. The lowest BCUT2D eigenvalue weighted by molar-refractivity contribution is -0.137. The van der Waals surface area contributed by atoms with Crippen molar-refractivity contribution in [3.63, 3.8) is 0 Å². The molecule has 1 N–H and O–H groups in total. The summed E-state index contributed by atoms with van der Waals surface area (Å²) in [6.07, 6.45) is -4.35. The SMILES string of the molecule is C=C(C)CN(CC)C(=O)CNc1ccc(C(F)(F)F)cc1. The van der Waals surface area contributed by atoms with Crippen molar-refractivity contribution in [1.82, 2.24) is 4.90 Å². The Hall–Kier alpha value is -1.98. The van der Waals surface area contributed by atoms with E-state index in [1.54, 1.807) is 4.90 Å². The van der Waals surface area contributed by atoms with Crippen LogP contribution in [0.5, 0.6) is 0 Å². The van der Waals surface area contributed by atoms with Gasteiger partial charge in [-0.2, -0.15) is 13.2 Å². The van der Waals surface area contributed by atoms with Gasteiger partial charge < -0.3 is 10.2 Å². The molecule has 1 aromatic rings. The number of nitrogens with one attached hydrogen (secondary N) is 1. The zero-order valence-electron chi connectivity index (χ0n) is 12.1. The first-order valence-corrected chi connectivity index (χ1v) is 6.57. The molecule has 3 nitrogen and oxygen atoms in total. The summed E-state index contributed by atoms with van der Waals surface area (Å²) in [5, 5.41) is 2.82. The largest absolute Gasteiger partial charge is 0.416 e. The molecule has 0 bridgehead atoms. The average molecular weight is 300 g/mol. The van der Waals surface area contributed by atoms with Crippen LogP contribution in [-0.4, -0.2) is 30.4 Å². The molecular formula is C15H19F3N2O. The molecule has 0 saturated carbocycles. The number of benzene rings is 1. The van der Waals surface area contributed by atoms with E-state index in [1.807, 2.05) is 13.8 Å². The highest BCUT2D eigenvalue weighted by Gasteiger charge is 2.29. The Morgan fingerprint density at radius 2 is 1.86 bits per heavy atom. The number of nitrogens with zero attached hydrogens (tertiary/aromatic N) is 1. The number of hydrogen-bond acceptors (Lipinski definition) is 2. The summed E-state index contributed by atoms with van der Waals surface area (Å²) in [5.74, 6) is -0.125. The van der Waals surface area contributed by atoms with Gasteiger partial charge in [0.2, 0.25) is 5.91 Å². The standard InChI is InChI=1S/C15H19F3N2O/c1-4-20(10-11(2)3)14(21)9-19-13-7-5-12(6-8-13)15(16,17)18/h5-8,19H,2,4,9-10H2,1,3H3. The summed E-state index contributed by atoms with van der Waals surface area (Å²) >= 11 is 0. The van der Waals surface area contributed by atoms with Crippen molar-refractivity contribution < 1.29 is 18.0 Å². The molecule has 0 radical (unpaired) electrons. The van der Waals surface area contributed by atoms with Crippen molar-refractivity contribution >= 4 is 11.6 Å². The van der Waals surface area contributed by atoms with Crippen molar-refractivity contribution in [3.05, 3.63) is 42.0 Å². The molecule has 0 atom stereocenters. The van der Waals surface area contributed by atoms with E-state index < -0.39 is 11.7 Å². The summed E-state index contributed by atoms with van der Waals surface area (Å²) in [5.41, 5.74) is 0.638. The van der Waals surface area contributed by atoms with Crippen LogP contribution in [0.3, 0.4) is 0 Å². The second-order valence-electron chi connectivity index (χ2n) is 4.79. The maximum atomic E-state index is 12.4. The Labute approximate surface area is 122 Å². The number of amides is 1. The lowest BCUT2D eigenvalue weighted by Gasteiger charge is -2.21. The van der Waals surface area contributed by atoms with Gasteiger partial charge in [-0.15, -0.1) is 0 Å². The fraction of sp³-hybridized carbons (Fsp3) is 0.400. The number of rotatable bonds is 6. The summed E-state index contributed by atoms with van der Waals surface area (Å²) in [6.45, 7) is 8.51. The molecule has 0 aliphatic carbocycles. The molecule has 0 aliphatic heterocycles. The van der Waals surface area contributed by atoms with Crippen LogP contribution in [0, 0.1) is 0 Å². The number of carbonyl (C=O) groups is 1. The van der Waals surface area contributed by atoms with Gasteiger partial charge in [-0.25, -0.2) is 0 Å². The van der Waals surface area contributed by atoms with Crippen molar-refractivity contribution in [1.29, 1.82) is 0 Å². The third kappa shape index (κ3) is 5.49. The smallest absolute Gasteiger partial charge is 0.376 e. The molecule has 0 fully saturated rings. The normalized spacial score (nSPS) is 11.1. The van der Waals surface area contributed by atoms with Gasteiger partial charge in [0, 0.05) is 18.8 Å². The van der Waals surface area contributed by atoms with E-state index in [-0.39, 0.29) is 12.5 Å². The zero-order chi connectivity index (χ0) is 16.0. The molecule has 6 heteroatoms. The number of hydrogen-bond donors (Lipinski definition) is 1. The van der Waals surface area contributed by atoms with Gasteiger partial charge in [0.25, 0.3) is 0 Å². The Morgan fingerprint density at radius 3 is 2.29 bits per heavy atom. The molecule has 21 heavy (non-hydrogen) atoms. The second-order valence-corrected chi connectivity index (χ2v) is 4.79. The average Bonchev–Trinajstić information content (AvgIpc) is 2.41. The van der Waals surface area contributed by atoms with Crippen LogP contribution >= 0.6 is 0 Å². The third-order valence-corrected chi connectivity index (χ3v) is 2.85. The number of carbonyl (C=O) groups excluding carboxylic acids is 1. The Bertz CT molecular complexity index is 495. The van der Waals surface area contributed by atoms with Gasteiger partial charge in [-0.05, 0) is 38.1 Å². The topological polar surface area (TPSA) is 32.3 Å². The highest BCUT2D eigenvalue weighted by atomic mass is 19.4. The van der Waals surface area contributed by atoms with E-state index in [9.17, 15) is 18.0 Å². The predicted molar refractivity (Wildman–Crippen MR) is 77.0 cm³/mol. The zero-order valence-corrected chi connectivity index (χ0v) is 12.1. The van der Waals surface area contributed by atoms with E-state index in [1.165, 1.54) is 12.1 Å². The highest BCUT2D eigenvalue weighted by Crippen LogP contribution is 2.29. The maximum Gasteiger partial charge on any atom is 0.416 e. The molecule has 0 unspecified atom stereocenters. The molecule has 1 amide bonds. The van der Waals surface area contributed by atoms with Crippen LogP contribution in [0.25, 0.3) is 0 Å². The van der Waals surface area contributed by atoms with Gasteiger partial charge in [-0.3, -0.25) is 4.79 Å². The molecule has 0 aromatic heterocycles. The summed E-state index contributed by atoms with van der Waals surface area (Å²) < 4.78 is 37.3. The first-order chi connectivity index (χ1) is 9.74. The lowest BCUT2D eigenvalue weighted by atomic mass is 10.2. The molecular weight excluding hydrogens is 281 g/mol. The van der Waals surface area contributed by atoms with E-state index in [0.29, 0.717) is 18.8 Å². The Balaban J connectivity index is 2.58. The molecule has 1 rings (SSSR count). The minimum absolute atomic E-state index is 0.0342. The van der Waals surface area contributed by atoms with Crippen LogP contribution in [-0.2, 0) is 11.0 Å². The van der Waals surface area contributed by atoms with Crippen LogP contribution in [0.4, 0.5) is 18.9 Å². The van der Waals surface area contributed by atoms with Gasteiger partial charge in [0.15, 0.2) is 0 Å². The van der Waals surface area contributed by atoms with Crippen molar-refractivity contribution in [2.75, 3.05) is 25.0 Å². The summed E-state index contributed by atoms with van der Waals surface area (Å²) in [7, 11) is 0. The minimum atomic E-state index is -4.35. The van der Waals surface area contributed by atoms with Gasteiger partial charge in [-0.1, -0.05) is 12.2 Å².